The fourth-order valence-corrected chi connectivity index (χ4v) is 3.95. The lowest BCUT2D eigenvalue weighted by Gasteiger charge is -2.24. The first-order chi connectivity index (χ1) is 9.42. The molecule has 0 amide bonds. The number of phenols is 1. The van der Waals surface area contributed by atoms with Crippen molar-refractivity contribution in [2.75, 3.05) is 6.23 Å². The number of benzene rings is 2. The van der Waals surface area contributed by atoms with Crippen LogP contribution in [0.1, 0.15) is 11.1 Å². The summed E-state index contributed by atoms with van der Waals surface area (Å²) in [6.07, 6.45) is 0.738. The monoisotopic (exact) mass is 286 g/mol. The Hall–Kier alpha value is -1.74. The van der Waals surface area contributed by atoms with Crippen molar-refractivity contribution in [1.29, 1.82) is 0 Å². The van der Waals surface area contributed by atoms with Gasteiger partial charge in [0.15, 0.2) is 0 Å². The molecule has 0 spiro atoms. The third-order valence-electron chi connectivity index (χ3n) is 3.85. The Bertz CT molecular complexity index is 591. The maximum absolute atomic E-state index is 9.68. The standard InChI is InChI=1S/C17H22O2Si/c1-13-14(2)17(11-10-16(13)18)19-12-20(3,4)15-8-6-5-7-9-15/h5-11,18H,12H2,1-4H3. The minimum absolute atomic E-state index is 0.328. The second kappa shape index (κ2) is 5.71. The first-order valence-electron chi connectivity index (χ1n) is 6.89. The van der Waals surface area contributed by atoms with Gasteiger partial charge in [-0.05, 0) is 37.1 Å². The van der Waals surface area contributed by atoms with Gasteiger partial charge in [-0.1, -0.05) is 48.6 Å². The van der Waals surface area contributed by atoms with Crippen molar-refractivity contribution in [2.24, 2.45) is 0 Å². The van der Waals surface area contributed by atoms with Gasteiger partial charge < -0.3 is 9.84 Å². The van der Waals surface area contributed by atoms with Gasteiger partial charge >= 0.3 is 0 Å². The van der Waals surface area contributed by atoms with Crippen molar-refractivity contribution in [3.8, 4) is 11.5 Å². The minimum atomic E-state index is -1.60. The maximum atomic E-state index is 9.68. The zero-order valence-electron chi connectivity index (χ0n) is 12.6. The smallest absolute Gasteiger partial charge is 0.124 e. The van der Waals surface area contributed by atoms with Gasteiger partial charge in [0.25, 0.3) is 0 Å². The van der Waals surface area contributed by atoms with E-state index in [2.05, 4.69) is 37.4 Å². The predicted molar refractivity (Wildman–Crippen MR) is 86.6 cm³/mol. The first-order valence-corrected chi connectivity index (χ1v) is 10.1. The molecule has 3 heteroatoms. The molecule has 0 atom stereocenters. The van der Waals surface area contributed by atoms with Gasteiger partial charge in [0.05, 0.1) is 6.23 Å². The second-order valence-corrected chi connectivity index (χ2v) is 10.5. The highest BCUT2D eigenvalue weighted by Crippen LogP contribution is 2.28. The maximum Gasteiger partial charge on any atom is 0.124 e. The fraction of sp³-hybridized carbons (Fsp3) is 0.294. The summed E-state index contributed by atoms with van der Waals surface area (Å²) in [6.45, 7) is 8.52. The summed E-state index contributed by atoms with van der Waals surface area (Å²) in [4.78, 5) is 0. The van der Waals surface area contributed by atoms with Crippen LogP contribution in [0.2, 0.25) is 13.1 Å². The van der Waals surface area contributed by atoms with Gasteiger partial charge in [0, 0.05) is 0 Å². The molecule has 2 aromatic carbocycles. The largest absolute Gasteiger partial charge is 0.508 e. The van der Waals surface area contributed by atoms with Crippen LogP contribution in [0.5, 0.6) is 11.5 Å². The molecule has 0 aliphatic rings. The Morgan fingerprint density at radius 1 is 0.950 bits per heavy atom. The quantitative estimate of drug-likeness (QED) is 0.871. The summed E-state index contributed by atoms with van der Waals surface area (Å²) in [5, 5.41) is 11.1. The number of ether oxygens (including phenoxy) is 1. The van der Waals surface area contributed by atoms with Crippen molar-refractivity contribution >= 4 is 13.3 Å². The second-order valence-electron chi connectivity index (χ2n) is 5.87. The fourth-order valence-electron chi connectivity index (χ4n) is 2.17. The molecule has 0 heterocycles. The van der Waals surface area contributed by atoms with E-state index in [0.717, 1.165) is 23.1 Å². The van der Waals surface area contributed by atoms with E-state index in [9.17, 15) is 5.11 Å². The molecule has 106 valence electrons. The average molecular weight is 286 g/mol. The zero-order valence-corrected chi connectivity index (χ0v) is 13.6. The van der Waals surface area contributed by atoms with E-state index in [0.29, 0.717) is 5.75 Å². The molecule has 0 fully saturated rings. The van der Waals surface area contributed by atoms with Crippen molar-refractivity contribution in [2.45, 2.75) is 26.9 Å². The Balaban J connectivity index is 2.15. The van der Waals surface area contributed by atoms with Gasteiger partial charge in [0.2, 0.25) is 0 Å². The highest BCUT2D eigenvalue weighted by molar-refractivity contribution is 6.89. The van der Waals surface area contributed by atoms with Crippen molar-refractivity contribution in [3.63, 3.8) is 0 Å². The number of hydrogen-bond donors (Lipinski definition) is 1. The molecule has 0 aromatic heterocycles. The molecule has 0 saturated carbocycles. The van der Waals surface area contributed by atoms with Gasteiger partial charge in [0.1, 0.15) is 19.6 Å². The Kier molecular flexibility index (Phi) is 4.19. The Labute approximate surface area is 122 Å². The first kappa shape index (κ1) is 14.7. The summed E-state index contributed by atoms with van der Waals surface area (Å²) in [5.74, 6) is 1.20. The molecule has 20 heavy (non-hydrogen) atoms. The summed E-state index contributed by atoms with van der Waals surface area (Å²) in [7, 11) is -1.60. The van der Waals surface area contributed by atoms with Crippen LogP contribution in [-0.4, -0.2) is 19.4 Å². The van der Waals surface area contributed by atoms with Gasteiger partial charge in [-0.15, -0.1) is 0 Å². The molecule has 1 N–H and O–H groups in total. The summed E-state index contributed by atoms with van der Waals surface area (Å²) >= 11 is 0. The normalized spacial score (nSPS) is 11.4. The molecule has 0 unspecified atom stereocenters. The van der Waals surface area contributed by atoms with Crippen LogP contribution in [0.25, 0.3) is 0 Å². The number of hydrogen-bond acceptors (Lipinski definition) is 2. The summed E-state index contributed by atoms with van der Waals surface area (Å²) in [5.41, 5.74) is 1.91. The molecular formula is C17H22O2Si. The summed E-state index contributed by atoms with van der Waals surface area (Å²) in [6, 6.07) is 14.1. The van der Waals surface area contributed by atoms with Crippen LogP contribution in [-0.2, 0) is 0 Å². The lowest BCUT2D eigenvalue weighted by molar-refractivity contribution is 0.374. The molecule has 0 aliphatic carbocycles. The molecule has 0 aliphatic heterocycles. The van der Waals surface area contributed by atoms with Crippen LogP contribution in [0.3, 0.4) is 0 Å². The number of rotatable bonds is 4. The van der Waals surface area contributed by atoms with Crippen LogP contribution in [0.15, 0.2) is 42.5 Å². The predicted octanol–water partition coefficient (Wildman–Crippen LogP) is 3.54. The highest BCUT2D eigenvalue weighted by Gasteiger charge is 2.24. The SMILES string of the molecule is Cc1c(O)ccc(OC[Si](C)(C)c2ccccc2)c1C. The topological polar surface area (TPSA) is 29.5 Å². The molecule has 2 rings (SSSR count). The van der Waals surface area contributed by atoms with E-state index in [1.54, 1.807) is 6.07 Å². The van der Waals surface area contributed by atoms with Crippen molar-refractivity contribution < 1.29 is 9.84 Å². The van der Waals surface area contributed by atoms with E-state index in [4.69, 9.17) is 4.74 Å². The Morgan fingerprint density at radius 2 is 1.60 bits per heavy atom. The Morgan fingerprint density at radius 3 is 2.25 bits per heavy atom. The van der Waals surface area contributed by atoms with E-state index >= 15 is 0 Å². The molecule has 0 saturated heterocycles. The van der Waals surface area contributed by atoms with Crippen molar-refractivity contribution in [1.82, 2.24) is 0 Å². The lowest BCUT2D eigenvalue weighted by atomic mass is 10.1. The molecule has 0 radical (unpaired) electrons. The third-order valence-corrected chi connectivity index (χ3v) is 6.61. The zero-order chi connectivity index (χ0) is 14.8. The van der Waals surface area contributed by atoms with E-state index in [1.807, 2.05) is 26.0 Å². The van der Waals surface area contributed by atoms with E-state index in [1.165, 1.54) is 5.19 Å². The van der Waals surface area contributed by atoms with E-state index < -0.39 is 8.07 Å². The van der Waals surface area contributed by atoms with Gasteiger partial charge in [-0.3, -0.25) is 0 Å². The van der Waals surface area contributed by atoms with E-state index in [-0.39, 0.29) is 0 Å². The van der Waals surface area contributed by atoms with Crippen LogP contribution in [0.4, 0.5) is 0 Å². The van der Waals surface area contributed by atoms with Crippen LogP contribution in [0, 0.1) is 13.8 Å². The summed E-state index contributed by atoms with van der Waals surface area (Å²) < 4.78 is 6.04. The minimum Gasteiger partial charge on any atom is -0.508 e. The molecule has 2 nitrogen and oxygen atoms in total. The highest BCUT2D eigenvalue weighted by atomic mass is 28.3. The van der Waals surface area contributed by atoms with Gasteiger partial charge in [-0.25, -0.2) is 0 Å². The number of phenolic OH excluding ortho intramolecular Hbond substituents is 1. The molecular weight excluding hydrogens is 264 g/mol. The van der Waals surface area contributed by atoms with Crippen LogP contribution >= 0.6 is 0 Å². The molecule has 2 aromatic rings. The van der Waals surface area contributed by atoms with Gasteiger partial charge in [-0.2, -0.15) is 0 Å². The van der Waals surface area contributed by atoms with Crippen LogP contribution < -0.4 is 9.92 Å². The average Bonchev–Trinajstić information content (AvgIpc) is 2.45. The number of aromatic hydroxyl groups is 1. The molecule has 0 bridgehead atoms. The lowest BCUT2D eigenvalue weighted by Crippen LogP contribution is -2.47. The van der Waals surface area contributed by atoms with Crippen molar-refractivity contribution in [3.05, 3.63) is 53.6 Å². The third kappa shape index (κ3) is 3.04.